The molecular weight excluding hydrogens is 679 g/mol. The molecule has 0 saturated carbocycles. The van der Waals surface area contributed by atoms with Crippen LogP contribution in [0.2, 0.25) is 0 Å². The van der Waals surface area contributed by atoms with E-state index in [1.807, 2.05) is 0 Å². The van der Waals surface area contributed by atoms with E-state index in [1.165, 1.54) is 60.1 Å². The number of fused-ring (bicyclic) bond motifs is 6. The van der Waals surface area contributed by atoms with Crippen LogP contribution in [0.3, 0.4) is 0 Å². The number of rotatable bonds is 6. The number of hydrogen-bond donors (Lipinski definition) is 0. The minimum Gasteiger partial charge on any atom is -0.456 e. The largest absolute Gasteiger partial charge is 0.456 e. The Kier molecular flexibility index (Phi) is 7.53. The molecule has 0 radical (unpaired) electrons. The fourth-order valence-corrected chi connectivity index (χ4v) is 8.58. The summed E-state index contributed by atoms with van der Waals surface area (Å²) >= 11 is 0. The zero-order valence-electron chi connectivity index (χ0n) is 30.6. The topological polar surface area (TPSA) is 16.4 Å². The molecule has 0 atom stereocenters. The quantitative estimate of drug-likeness (QED) is 0.171. The lowest BCUT2D eigenvalue weighted by Gasteiger charge is -2.28. The summed E-state index contributed by atoms with van der Waals surface area (Å²) in [6.45, 7) is 0. The molecule has 10 aromatic carbocycles. The number of anilines is 3. The number of nitrogens with zero attached hydrogens (tertiary/aromatic N) is 1. The van der Waals surface area contributed by atoms with Crippen molar-refractivity contribution in [1.29, 1.82) is 0 Å². The van der Waals surface area contributed by atoms with Gasteiger partial charge in [-0.2, -0.15) is 0 Å². The van der Waals surface area contributed by atoms with E-state index in [9.17, 15) is 0 Å². The second-order valence-corrected chi connectivity index (χ2v) is 14.5. The molecule has 0 fully saturated rings. The normalized spacial score (nSPS) is 11.6. The van der Waals surface area contributed by atoms with Crippen molar-refractivity contribution < 1.29 is 4.42 Å². The summed E-state index contributed by atoms with van der Waals surface area (Å²) in [6, 6.07) is 76.5. The summed E-state index contributed by atoms with van der Waals surface area (Å²) in [5.41, 5.74) is 12.3. The number of hydrogen-bond acceptors (Lipinski definition) is 2. The molecule has 0 bridgehead atoms. The van der Waals surface area contributed by atoms with Crippen LogP contribution in [0.1, 0.15) is 0 Å². The Bertz CT molecular complexity index is 3230. The Labute approximate surface area is 325 Å². The lowest BCUT2D eigenvalue weighted by molar-refractivity contribution is 0.669. The molecule has 0 aliphatic rings. The van der Waals surface area contributed by atoms with Gasteiger partial charge in [0.25, 0.3) is 0 Å². The molecule has 2 nitrogen and oxygen atoms in total. The highest BCUT2D eigenvalue weighted by molar-refractivity contribution is 6.18. The number of benzene rings is 10. The Balaban J connectivity index is 1.09. The van der Waals surface area contributed by atoms with Gasteiger partial charge in [0.1, 0.15) is 11.2 Å². The highest BCUT2D eigenvalue weighted by atomic mass is 16.3. The van der Waals surface area contributed by atoms with Crippen LogP contribution in [0.25, 0.3) is 87.6 Å². The highest BCUT2D eigenvalue weighted by Crippen LogP contribution is 2.45. The van der Waals surface area contributed by atoms with Crippen molar-refractivity contribution in [2.24, 2.45) is 0 Å². The molecule has 0 unspecified atom stereocenters. The fraction of sp³-hybridized carbons (Fsp3) is 0. The van der Waals surface area contributed by atoms with E-state index in [-0.39, 0.29) is 0 Å². The van der Waals surface area contributed by atoms with Crippen LogP contribution < -0.4 is 4.90 Å². The van der Waals surface area contributed by atoms with E-state index in [4.69, 9.17) is 4.42 Å². The van der Waals surface area contributed by atoms with Gasteiger partial charge in [0, 0.05) is 27.5 Å². The maximum atomic E-state index is 6.51. The molecule has 1 aromatic heterocycles. The highest BCUT2D eigenvalue weighted by Gasteiger charge is 2.20. The van der Waals surface area contributed by atoms with Crippen molar-refractivity contribution in [3.8, 4) is 33.4 Å². The molecule has 0 spiro atoms. The van der Waals surface area contributed by atoms with Gasteiger partial charge in [-0.05, 0) is 109 Å². The molecule has 11 rings (SSSR count). The Hall–Kier alpha value is -7.42. The van der Waals surface area contributed by atoms with Gasteiger partial charge in [-0.1, -0.05) is 164 Å². The summed E-state index contributed by atoms with van der Waals surface area (Å²) in [7, 11) is 0. The minimum atomic E-state index is 0.896. The summed E-state index contributed by atoms with van der Waals surface area (Å²) in [5.74, 6) is 0. The van der Waals surface area contributed by atoms with E-state index in [2.05, 4.69) is 217 Å². The molecule has 262 valence electrons. The van der Waals surface area contributed by atoms with Crippen molar-refractivity contribution in [3.63, 3.8) is 0 Å². The van der Waals surface area contributed by atoms with E-state index < -0.39 is 0 Å². The lowest BCUT2D eigenvalue weighted by Crippen LogP contribution is -2.10. The van der Waals surface area contributed by atoms with Crippen molar-refractivity contribution in [3.05, 3.63) is 212 Å². The smallest absolute Gasteiger partial charge is 0.136 e. The third kappa shape index (κ3) is 5.34. The second-order valence-electron chi connectivity index (χ2n) is 14.5. The Morgan fingerprint density at radius 2 is 0.875 bits per heavy atom. The molecule has 1 heterocycles. The van der Waals surface area contributed by atoms with Crippen LogP contribution in [-0.2, 0) is 0 Å². The van der Waals surface area contributed by atoms with Crippen LogP contribution in [0.15, 0.2) is 217 Å². The maximum Gasteiger partial charge on any atom is 0.136 e. The van der Waals surface area contributed by atoms with Gasteiger partial charge in [0.15, 0.2) is 0 Å². The van der Waals surface area contributed by atoms with Crippen molar-refractivity contribution >= 4 is 71.3 Å². The average Bonchev–Trinajstić information content (AvgIpc) is 3.64. The summed E-state index contributed by atoms with van der Waals surface area (Å²) in [4.78, 5) is 2.40. The zero-order valence-corrected chi connectivity index (χ0v) is 30.6. The van der Waals surface area contributed by atoms with Gasteiger partial charge in [0.05, 0.1) is 5.69 Å². The first kappa shape index (κ1) is 32.0. The summed E-state index contributed by atoms with van der Waals surface area (Å²) in [5, 5.41) is 9.52. The first-order valence-electron chi connectivity index (χ1n) is 19.2. The third-order valence-corrected chi connectivity index (χ3v) is 11.3. The van der Waals surface area contributed by atoms with Gasteiger partial charge in [-0.15, -0.1) is 0 Å². The van der Waals surface area contributed by atoms with E-state index in [0.29, 0.717) is 0 Å². The average molecular weight is 714 g/mol. The van der Waals surface area contributed by atoms with Crippen LogP contribution in [0, 0.1) is 0 Å². The molecule has 0 amide bonds. The van der Waals surface area contributed by atoms with E-state index >= 15 is 0 Å². The molecule has 11 aromatic rings. The SMILES string of the molecule is c1ccc(-c2ccc(N(c3ccc(-c4cccc5ccccc45)cc3)c3ccc(-c4cccc5oc6cc7ccccc7cc6c45)c4ccccc34)cc2)cc1. The molecule has 56 heavy (non-hydrogen) atoms. The predicted octanol–water partition coefficient (Wildman–Crippen LogP) is 15.5. The van der Waals surface area contributed by atoms with Crippen LogP contribution in [0.4, 0.5) is 17.1 Å². The van der Waals surface area contributed by atoms with E-state index in [0.717, 1.165) is 44.6 Å². The molecule has 0 saturated heterocycles. The van der Waals surface area contributed by atoms with Crippen molar-refractivity contribution in [1.82, 2.24) is 0 Å². The van der Waals surface area contributed by atoms with Gasteiger partial charge in [-0.25, -0.2) is 0 Å². The van der Waals surface area contributed by atoms with Crippen molar-refractivity contribution in [2.75, 3.05) is 4.90 Å². The van der Waals surface area contributed by atoms with Crippen LogP contribution >= 0.6 is 0 Å². The van der Waals surface area contributed by atoms with Gasteiger partial charge in [0.2, 0.25) is 0 Å². The third-order valence-electron chi connectivity index (χ3n) is 11.3. The summed E-state index contributed by atoms with van der Waals surface area (Å²) < 4.78 is 6.51. The monoisotopic (exact) mass is 713 g/mol. The van der Waals surface area contributed by atoms with Crippen LogP contribution in [-0.4, -0.2) is 0 Å². The van der Waals surface area contributed by atoms with E-state index in [1.54, 1.807) is 0 Å². The first-order valence-corrected chi connectivity index (χ1v) is 19.2. The van der Waals surface area contributed by atoms with Crippen LogP contribution in [0.5, 0.6) is 0 Å². The second kappa shape index (κ2) is 13.2. The molecule has 0 aliphatic carbocycles. The Morgan fingerprint density at radius 1 is 0.304 bits per heavy atom. The number of furan rings is 1. The van der Waals surface area contributed by atoms with Gasteiger partial charge in [-0.3, -0.25) is 0 Å². The molecule has 0 aliphatic heterocycles. The first-order chi connectivity index (χ1) is 27.8. The molecular formula is C54H35NO. The maximum absolute atomic E-state index is 6.51. The fourth-order valence-electron chi connectivity index (χ4n) is 8.58. The summed E-state index contributed by atoms with van der Waals surface area (Å²) in [6.07, 6.45) is 0. The Morgan fingerprint density at radius 3 is 1.64 bits per heavy atom. The van der Waals surface area contributed by atoms with Crippen molar-refractivity contribution in [2.45, 2.75) is 0 Å². The lowest BCUT2D eigenvalue weighted by atomic mass is 9.93. The van der Waals surface area contributed by atoms with Gasteiger partial charge < -0.3 is 9.32 Å². The molecule has 0 N–H and O–H groups in total. The standard InChI is InChI=1S/C54H35NO/c1-2-12-36(13-3-1)37-24-28-42(29-25-37)55(43-30-26-39(27-31-43)45-21-10-17-38-14-6-7-18-44(38)45)51-33-32-47(46-19-8-9-20-48(46)51)49-22-11-23-52-54(49)50-34-40-15-4-5-16-41(40)35-53(50)56-52/h1-35H. The van der Waals surface area contributed by atoms with Gasteiger partial charge >= 0.3 is 0 Å². The minimum absolute atomic E-state index is 0.896. The molecule has 2 heteroatoms. The predicted molar refractivity (Wildman–Crippen MR) is 237 cm³/mol. The zero-order chi connectivity index (χ0) is 37.0.